The van der Waals surface area contributed by atoms with Gasteiger partial charge in [-0.05, 0) is 32.6 Å². The van der Waals surface area contributed by atoms with Crippen molar-refractivity contribution in [3.8, 4) is 0 Å². The normalized spacial score (nSPS) is 39.4. The Hall–Kier alpha value is -0.650. The van der Waals surface area contributed by atoms with Gasteiger partial charge in [0.15, 0.2) is 0 Å². The molecular weight excluding hydrogens is 244 g/mol. The molecule has 0 saturated carbocycles. The minimum absolute atomic E-state index is 0.215. The van der Waals surface area contributed by atoms with Crippen LogP contribution in [0.4, 0.5) is 0 Å². The lowest BCUT2D eigenvalue weighted by Crippen LogP contribution is -2.63. The van der Waals surface area contributed by atoms with Gasteiger partial charge < -0.3 is 20.5 Å². The lowest BCUT2D eigenvalue weighted by Gasteiger charge is -2.45. The van der Waals surface area contributed by atoms with Gasteiger partial charge in [-0.3, -0.25) is 4.79 Å². The second-order valence-corrected chi connectivity index (χ2v) is 6.04. The van der Waals surface area contributed by atoms with E-state index in [1.54, 1.807) is 0 Å². The summed E-state index contributed by atoms with van der Waals surface area (Å²) in [5.41, 5.74) is 4.75. The molecule has 110 valence electrons. The number of primary amides is 1. The average Bonchev–Trinajstić information content (AvgIpc) is 2.89. The maximum atomic E-state index is 11.9. The summed E-state index contributed by atoms with van der Waals surface area (Å²) in [6.45, 7) is 6.23. The van der Waals surface area contributed by atoms with Crippen LogP contribution in [0.15, 0.2) is 0 Å². The molecule has 0 spiro atoms. The van der Waals surface area contributed by atoms with E-state index in [2.05, 4.69) is 19.2 Å². The zero-order chi connectivity index (χ0) is 13.9. The zero-order valence-corrected chi connectivity index (χ0v) is 12.0. The van der Waals surface area contributed by atoms with E-state index in [1.165, 1.54) is 0 Å². The van der Waals surface area contributed by atoms with Gasteiger partial charge in [-0.2, -0.15) is 0 Å². The molecule has 0 aromatic heterocycles. The zero-order valence-electron chi connectivity index (χ0n) is 12.0. The predicted octanol–water partition coefficient (Wildman–Crippen LogP) is 0.958. The maximum Gasteiger partial charge on any atom is 0.237 e. The van der Waals surface area contributed by atoms with Gasteiger partial charge in [0.05, 0.1) is 11.7 Å². The molecule has 5 nitrogen and oxygen atoms in total. The lowest BCUT2D eigenvalue weighted by atomic mass is 9.78. The van der Waals surface area contributed by atoms with Crippen molar-refractivity contribution < 1.29 is 14.3 Å². The summed E-state index contributed by atoms with van der Waals surface area (Å²) in [5.74, 6) is -0.270. The quantitative estimate of drug-likeness (QED) is 0.780. The summed E-state index contributed by atoms with van der Waals surface area (Å²) in [4.78, 5) is 11.9. The summed E-state index contributed by atoms with van der Waals surface area (Å²) in [6, 6.07) is 0. The number of nitrogens with one attached hydrogen (secondary N) is 1. The number of nitrogens with two attached hydrogens (primary N) is 1. The Kier molecular flexibility index (Phi) is 4.48. The molecule has 0 bridgehead atoms. The van der Waals surface area contributed by atoms with E-state index in [-0.39, 0.29) is 17.6 Å². The number of amides is 1. The first kappa shape index (κ1) is 14.8. The van der Waals surface area contributed by atoms with E-state index in [0.29, 0.717) is 26.0 Å². The van der Waals surface area contributed by atoms with Crippen molar-refractivity contribution in [1.29, 1.82) is 0 Å². The van der Waals surface area contributed by atoms with Crippen LogP contribution >= 0.6 is 0 Å². The number of rotatable bonds is 5. The Balaban J connectivity index is 2.02. The monoisotopic (exact) mass is 270 g/mol. The van der Waals surface area contributed by atoms with Crippen molar-refractivity contribution in [2.24, 2.45) is 5.73 Å². The third kappa shape index (κ3) is 3.27. The highest BCUT2D eigenvalue weighted by molar-refractivity contribution is 5.85. The van der Waals surface area contributed by atoms with Crippen LogP contribution in [-0.4, -0.2) is 42.9 Å². The molecule has 2 aliphatic heterocycles. The molecule has 0 aromatic rings. The maximum absolute atomic E-state index is 11.9. The molecule has 1 amide bonds. The number of carbonyl (C=O) groups is 1. The third-order valence-corrected chi connectivity index (χ3v) is 4.57. The van der Waals surface area contributed by atoms with E-state index in [4.69, 9.17) is 15.2 Å². The molecule has 2 rings (SSSR count). The van der Waals surface area contributed by atoms with Gasteiger partial charge in [-0.25, -0.2) is 0 Å². The van der Waals surface area contributed by atoms with Crippen LogP contribution in [-0.2, 0) is 14.3 Å². The molecule has 2 heterocycles. The van der Waals surface area contributed by atoms with Crippen LogP contribution < -0.4 is 11.1 Å². The Bertz CT molecular complexity index is 331. The first-order chi connectivity index (χ1) is 9.00. The van der Waals surface area contributed by atoms with Crippen molar-refractivity contribution in [2.75, 3.05) is 19.8 Å². The fourth-order valence-electron chi connectivity index (χ4n) is 3.04. The summed E-state index contributed by atoms with van der Waals surface area (Å²) in [5, 5.41) is 3.39. The topological polar surface area (TPSA) is 73.6 Å². The highest BCUT2D eigenvalue weighted by Crippen LogP contribution is 2.34. The standard InChI is InChI=1S/C14H26N2O3/c1-3-13(2)10-14(12(15)17,6-8-19-13)16-9-11-5-4-7-18-11/h11,16H,3-10H2,1-2H3,(H2,15,17). The van der Waals surface area contributed by atoms with E-state index in [1.807, 2.05) is 0 Å². The molecule has 0 radical (unpaired) electrons. The number of hydrogen-bond acceptors (Lipinski definition) is 4. The fraction of sp³-hybridized carbons (Fsp3) is 0.929. The van der Waals surface area contributed by atoms with E-state index >= 15 is 0 Å². The minimum atomic E-state index is -0.644. The smallest absolute Gasteiger partial charge is 0.237 e. The second kappa shape index (κ2) is 5.77. The largest absolute Gasteiger partial charge is 0.377 e. The first-order valence-electron chi connectivity index (χ1n) is 7.30. The van der Waals surface area contributed by atoms with E-state index in [0.717, 1.165) is 25.9 Å². The summed E-state index contributed by atoms with van der Waals surface area (Å²) < 4.78 is 11.4. The van der Waals surface area contributed by atoms with Crippen LogP contribution in [0.25, 0.3) is 0 Å². The first-order valence-corrected chi connectivity index (χ1v) is 7.30. The SMILES string of the molecule is CCC1(C)CC(NCC2CCCO2)(C(N)=O)CCO1. The lowest BCUT2D eigenvalue weighted by molar-refractivity contribution is -0.142. The predicted molar refractivity (Wildman–Crippen MR) is 72.8 cm³/mol. The summed E-state index contributed by atoms with van der Waals surface area (Å²) >= 11 is 0. The number of carbonyl (C=O) groups excluding carboxylic acids is 1. The van der Waals surface area contributed by atoms with Gasteiger partial charge in [0, 0.05) is 26.2 Å². The van der Waals surface area contributed by atoms with Crippen molar-refractivity contribution >= 4 is 5.91 Å². The van der Waals surface area contributed by atoms with Crippen molar-refractivity contribution in [3.05, 3.63) is 0 Å². The molecule has 3 unspecified atom stereocenters. The Morgan fingerprint density at radius 2 is 2.26 bits per heavy atom. The van der Waals surface area contributed by atoms with Crippen molar-refractivity contribution in [2.45, 2.75) is 63.2 Å². The molecule has 3 atom stereocenters. The third-order valence-electron chi connectivity index (χ3n) is 4.57. The summed E-state index contributed by atoms with van der Waals surface area (Å²) in [6.07, 6.45) is 4.54. The highest BCUT2D eigenvalue weighted by atomic mass is 16.5. The van der Waals surface area contributed by atoms with E-state index in [9.17, 15) is 4.79 Å². The molecule has 2 aliphatic rings. The van der Waals surface area contributed by atoms with Gasteiger partial charge in [0.1, 0.15) is 5.54 Å². The molecule has 2 saturated heterocycles. The highest BCUT2D eigenvalue weighted by Gasteiger charge is 2.46. The van der Waals surface area contributed by atoms with Gasteiger partial charge in [0.25, 0.3) is 0 Å². The molecular formula is C14H26N2O3. The second-order valence-electron chi connectivity index (χ2n) is 6.04. The van der Waals surface area contributed by atoms with Crippen LogP contribution in [0.5, 0.6) is 0 Å². The molecule has 19 heavy (non-hydrogen) atoms. The molecule has 0 aliphatic carbocycles. The van der Waals surface area contributed by atoms with E-state index < -0.39 is 5.54 Å². The van der Waals surface area contributed by atoms with Gasteiger partial charge in [-0.1, -0.05) is 6.92 Å². The Labute approximate surface area is 115 Å². The van der Waals surface area contributed by atoms with Gasteiger partial charge in [-0.15, -0.1) is 0 Å². The van der Waals surface area contributed by atoms with Crippen molar-refractivity contribution in [3.63, 3.8) is 0 Å². The number of ether oxygens (including phenoxy) is 2. The Morgan fingerprint density at radius 3 is 2.84 bits per heavy atom. The van der Waals surface area contributed by atoms with Crippen LogP contribution in [0.1, 0.15) is 46.0 Å². The Morgan fingerprint density at radius 1 is 1.47 bits per heavy atom. The average molecular weight is 270 g/mol. The van der Waals surface area contributed by atoms with Crippen LogP contribution in [0, 0.1) is 0 Å². The molecule has 0 aromatic carbocycles. The van der Waals surface area contributed by atoms with Gasteiger partial charge >= 0.3 is 0 Å². The van der Waals surface area contributed by atoms with Gasteiger partial charge in [0.2, 0.25) is 5.91 Å². The molecule has 3 N–H and O–H groups in total. The summed E-state index contributed by atoms with van der Waals surface area (Å²) in [7, 11) is 0. The fourth-order valence-corrected chi connectivity index (χ4v) is 3.04. The van der Waals surface area contributed by atoms with Crippen LogP contribution in [0.2, 0.25) is 0 Å². The minimum Gasteiger partial charge on any atom is -0.377 e. The molecule has 5 heteroatoms. The van der Waals surface area contributed by atoms with Crippen LogP contribution in [0.3, 0.4) is 0 Å². The van der Waals surface area contributed by atoms with Crippen molar-refractivity contribution in [1.82, 2.24) is 5.32 Å². The molecule has 2 fully saturated rings. The number of hydrogen-bond donors (Lipinski definition) is 2.